The molecule has 0 unspecified atom stereocenters. The number of fused-ring (bicyclic) bond motifs is 5. The monoisotopic (exact) mass is 683 g/mol. The molecule has 50 heavy (non-hydrogen) atoms. The molecule has 0 spiro atoms. The Hall–Kier alpha value is -5.66. The van der Waals surface area contributed by atoms with Crippen molar-refractivity contribution >= 4 is 22.6 Å². The van der Waals surface area contributed by atoms with Gasteiger partial charge in [-0.05, 0) is 48.3 Å². The summed E-state index contributed by atoms with van der Waals surface area (Å²) in [5, 5.41) is 10.4. The number of carbonyl (C=O) groups excluding carboxylic acids is 2. The number of benzene rings is 2. The molecule has 1 N–H and O–H groups in total. The Kier molecular flexibility index (Phi) is 7.72. The van der Waals surface area contributed by atoms with Crippen LogP contribution in [0, 0.1) is 11.3 Å². The van der Waals surface area contributed by atoms with Crippen LogP contribution < -0.4 is 31.1 Å². The number of aromatic hydroxyl groups is 1. The van der Waals surface area contributed by atoms with Gasteiger partial charge in [-0.3, -0.25) is 14.4 Å². The fourth-order valence-corrected chi connectivity index (χ4v) is 8.13. The highest BCUT2D eigenvalue weighted by Crippen LogP contribution is 2.60. The van der Waals surface area contributed by atoms with Crippen molar-refractivity contribution < 1.29 is 28.9 Å². The quantitative estimate of drug-likeness (QED) is 0.286. The van der Waals surface area contributed by atoms with Gasteiger partial charge in [-0.15, -0.1) is 0 Å². The lowest BCUT2D eigenvalue weighted by atomic mass is 9.51. The number of nitrogens with zero attached hydrogens (tertiary/aromatic N) is 5. The van der Waals surface area contributed by atoms with Gasteiger partial charge in [0.2, 0.25) is 0 Å². The summed E-state index contributed by atoms with van der Waals surface area (Å²) in [6.45, 7) is 3.32. The number of phenols is 1. The number of phenolic OH excluding ortho intramolecular Hbond substituents is 1. The van der Waals surface area contributed by atoms with Crippen LogP contribution in [0.15, 0.2) is 68.0 Å². The second-order valence-corrected chi connectivity index (χ2v) is 13.2. The van der Waals surface area contributed by atoms with E-state index in [1.54, 1.807) is 45.2 Å². The summed E-state index contributed by atoms with van der Waals surface area (Å²) in [6, 6.07) is 7.42. The largest absolute Gasteiger partial charge is 0.504 e. The van der Waals surface area contributed by atoms with Gasteiger partial charge < -0.3 is 23.9 Å². The van der Waals surface area contributed by atoms with Crippen molar-refractivity contribution in [2.45, 2.75) is 51.7 Å². The number of Topliss-reactive ketones (excluding diaryl/α,β-unsaturated/α-hetero) is 1. The van der Waals surface area contributed by atoms with E-state index >= 15 is 0 Å². The van der Waals surface area contributed by atoms with Gasteiger partial charge in [-0.1, -0.05) is 19.1 Å². The smallest absolute Gasteiger partial charge is 0.347 e. The van der Waals surface area contributed by atoms with Crippen molar-refractivity contribution in [1.29, 1.82) is 0 Å². The molecule has 4 atom stereocenters. The summed E-state index contributed by atoms with van der Waals surface area (Å²) in [5.74, 6) is -0.852. The second kappa shape index (κ2) is 11.7. The summed E-state index contributed by atoms with van der Waals surface area (Å²) in [4.78, 5) is 73.6. The number of ether oxygens (including phenoxy) is 3. The van der Waals surface area contributed by atoms with Gasteiger partial charge in [-0.2, -0.15) is 0 Å². The van der Waals surface area contributed by atoms with Gasteiger partial charge in [0.05, 0.1) is 50.4 Å². The van der Waals surface area contributed by atoms with E-state index in [1.807, 2.05) is 6.08 Å². The SMILES string of the molecule is COc1cc([C@H]2C3=CCn4c(=O)n(CCc5nc6cc(OC)c(OC)cc6n(C)c5=O)c(=O)n4[C@@H]3C[C@H]3C(=O)C(C)=CC(=O)[C@@]23C)ccc1O. The van der Waals surface area contributed by atoms with Gasteiger partial charge in [-0.25, -0.2) is 28.5 Å². The van der Waals surface area contributed by atoms with Gasteiger partial charge in [0, 0.05) is 44.0 Å². The molecule has 0 radical (unpaired) electrons. The number of hydrogen-bond donors (Lipinski definition) is 1. The number of aromatic nitrogens is 5. The van der Waals surface area contributed by atoms with E-state index in [0.717, 1.165) is 10.1 Å². The first-order chi connectivity index (χ1) is 23.8. The van der Waals surface area contributed by atoms with E-state index in [-0.39, 0.29) is 60.2 Å². The zero-order valence-electron chi connectivity index (χ0n) is 28.6. The lowest BCUT2D eigenvalue weighted by molar-refractivity contribution is -0.139. The molecule has 2 aliphatic carbocycles. The van der Waals surface area contributed by atoms with E-state index in [9.17, 15) is 29.1 Å². The van der Waals surface area contributed by atoms with Crippen LogP contribution in [-0.2, 0) is 36.1 Å². The summed E-state index contributed by atoms with van der Waals surface area (Å²) >= 11 is 0. The minimum Gasteiger partial charge on any atom is -0.504 e. The Morgan fingerprint density at radius 1 is 0.960 bits per heavy atom. The first-order valence-electron chi connectivity index (χ1n) is 16.2. The lowest BCUT2D eigenvalue weighted by Crippen LogP contribution is -2.54. The normalized spacial score (nSPS) is 22.7. The van der Waals surface area contributed by atoms with Gasteiger partial charge >= 0.3 is 11.4 Å². The number of allylic oxidation sites excluding steroid dienone is 4. The molecular formula is C36H37N5O9. The Balaban J connectivity index is 1.30. The minimum absolute atomic E-state index is 0.00529. The minimum atomic E-state index is -1.19. The fraction of sp³-hybridized carbons (Fsp3) is 0.389. The van der Waals surface area contributed by atoms with Crippen LogP contribution in [-0.4, -0.2) is 61.5 Å². The fourth-order valence-electron chi connectivity index (χ4n) is 8.13. The molecule has 4 aromatic rings. The molecule has 260 valence electrons. The van der Waals surface area contributed by atoms with Crippen LogP contribution in [0.4, 0.5) is 0 Å². The average Bonchev–Trinajstić information content (AvgIpc) is 3.35. The molecule has 7 rings (SSSR count). The third kappa shape index (κ3) is 4.61. The molecule has 3 heterocycles. The Morgan fingerprint density at radius 2 is 1.66 bits per heavy atom. The van der Waals surface area contributed by atoms with E-state index in [0.29, 0.717) is 33.7 Å². The standard InChI is InChI=1S/C36H37N5O9/c1-18-13-30(43)36(2)21(32(18)44)15-24-20(31(36)19-7-8-26(42)27(14-19)48-4)9-12-40-34(46)39(35(47)41(24)40)11-10-22-33(45)38(3)25-17-29(50-6)28(49-5)16-23(25)37-22/h7-9,13-14,16-17,21,24,31,42H,10-12,15H2,1-6H3/t21-,24+,31-,36-/m0/s1. The van der Waals surface area contributed by atoms with E-state index in [2.05, 4.69) is 4.98 Å². The Morgan fingerprint density at radius 3 is 2.36 bits per heavy atom. The third-order valence-electron chi connectivity index (χ3n) is 10.8. The topological polar surface area (TPSA) is 166 Å². The molecule has 14 nitrogen and oxygen atoms in total. The number of rotatable bonds is 7. The van der Waals surface area contributed by atoms with Crippen molar-refractivity contribution in [1.82, 2.24) is 23.5 Å². The highest BCUT2D eigenvalue weighted by Gasteiger charge is 2.59. The molecule has 2 aromatic heterocycles. The molecule has 2 aromatic carbocycles. The first kappa shape index (κ1) is 32.9. The number of carbonyl (C=O) groups is 2. The summed E-state index contributed by atoms with van der Waals surface area (Å²) in [6.07, 6.45) is 3.37. The summed E-state index contributed by atoms with van der Waals surface area (Å²) in [7, 11) is 6.03. The Bertz CT molecular complexity index is 2380. The van der Waals surface area contributed by atoms with Crippen molar-refractivity contribution in [3.8, 4) is 23.0 Å². The van der Waals surface area contributed by atoms with E-state index in [1.165, 1.54) is 47.4 Å². The summed E-state index contributed by atoms with van der Waals surface area (Å²) < 4.78 is 21.4. The third-order valence-corrected chi connectivity index (χ3v) is 10.8. The zero-order valence-corrected chi connectivity index (χ0v) is 28.6. The highest BCUT2D eigenvalue weighted by molar-refractivity contribution is 6.13. The van der Waals surface area contributed by atoms with Crippen LogP contribution in [0.2, 0.25) is 0 Å². The van der Waals surface area contributed by atoms with E-state index < -0.39 is 34.7 Å². The van der Waals surface area contributed by atoms with Crippen LogP contribution >= 0.6 is 0 Å². The molecule has 1 fully saturated rings. The van der Waals surface area contributed by atoms with Gasteiger partial charge in [0.15, 0.2) is 34.6 Å². The number of aryl methyl sites for hydroxylation is 2. The van der Waals surface area contributed by atoms with Crippen molar-refractivity contribution in [3.05, 3.63) is 96.2 Å². The predicted octanol–water partition coefficient (Wildman–Crippen LogP) is 2.42. The average molecular weight is 684 g/mol. The van der Waals surface area contributed by atoms with Crippen molar-refractivity contribution in [2.24, 2.45) is 18.4 Å². The van der Waals surface area contributed by atoms with Crippen LogP contribution in [0.3, 0.4) is 0 Å². The van der Waals surface area contributed by atoms with Gasteiger partial charge in [0.25, 0.3) is 5.56 Å². The molecule has 0 bridgehead atoms. The Labute approximate surface area is 285 Å². The lowest BCUT2D eigenvalue weighted by Gasteiger charge is -2.52. The van der Waals surface area contributed by atoms with Gasteiger partial charge in [0.1, 0.15) is 5.69 Å². The second-order valence-electron chi connectivity index (χ2n) is 13.2. The molecule has 14 heteroatoms. The van der Waals surface area contributed by atoms with Crippen LogP contribution in [0.25, 0.3) is 11.0 Å². The molecular weight excluding hydrogens is 646 g/mol. The maximum Gasteiger partial charge on any atom is 0.347 e. The van der Waals surface area contributed by atoms with Crippen LogP contribution in [0.1, 0.15) is 43.5 Å². The predicted molar refractivity (Wildman–Crippen MR) is 181 cm³/mol. The zero-order chi connectivity index (χ0) is 35.8. The number of hydrogen-bond acceptors (Lipinski definition) is 10. The molecule has 1 aliphatic heterocycles. The maximum atomic E-state index is 14.2. The first-order valence-corrected chi connectivity index (χ1v) is 16.2. The van der Waals surface area contributed by atoms with E-state index in [4.69, 9.17) is 14.2 Å². The van der Waals surface area contributed by atoms with Crippen LogP contribution in [0.5, 0.6) is 23.0 Å². The summed E-state index contributed by atoms with van der Waals surface area (Å²) in [5.41, 5.74) is 0.129. The molecule has 1 saturated carbocycles. The molecule has 0 amide bonds. The molecule has 0 saturated heterocycles. The van der Waals surface area contributed by atoms with Crippen molar-refractivity contribution in [3.63, 3.8) is 0 Å². The number of methoxy groups -OCH3 is 3. The molecule has 3 aliphatic rings. The van der Waals surface area contributed by atoms with Crippen molar-refractivity contribution in [2.75, 3.05) is 21.3 Å². The highest BCUT2D eigenvalue weighted by atomic mass is 16.5. The maximum absolute atomic E-state index is 14.2. The number of ketones is 2.